The molecule has 0 bridgehead atoms. The van der Waals surface area contributed by atoms with Gasteiger partial charge in [0.2, 0.25) is 5.91 Å². The van der Waals surface area contributed by atoms with Crippen molar-refractivity contribution in [2.24, 2.45) is 11.8 Å². The second-order valence-electron chi connectivity index (χ2n) is 5.43. The van der Waals surface area contributed by atoms with Gasteiger partial charge < -0.3 is 14.7 Å². The zero-order chi connectivity index (χ0) is 13.9. The van der Waals surface area contributed by atoms with Crippen molar-refractivity contribution in [1.82, 2.24) is 4.90 Å². The van der Waals surface area contributed by atoms with E-state index in [1.54, 1.807) is 25.9 Å². The van der Waals surface area contributed by atoms with Gasteiger partial charge in [0.1, 0.15) is 0 Å². The van der Waals surface area contributed by atoms with Crippen LogP contribution in [0, 0.1) is 11.8 Å². The van der Waals surface area contributed by atoms with E-state index in [9.17, 15) is 9.59 Å². The van der Waals surface area contributed by atoms with Gasteiger partial charge in [0.05, 0.1) is 11.5 Å². The molecule has 0 aromatic heterocycles. The molecule has 0 aromatic rings. The minimum absolute atomic E-state index is 0.0899. The highest BCUT2D eigenvalue weighted by Gasteiger charge is 2.36. The van der Waals surface area contributed by atoms with Crippen LogP contribution < -0.4 is 0 Å². The van der Waals surface area contributed by atoms with Crippen molar-refractivity contribution in [3.63, 3.8) is 0 Å². The predicted octanol–water partition coefficient (Wildman–Crippen LogP) is 1.37. The smallest absolute Gasteiger partial charge is 0.307 e. The lowest BCUT2D eigenvalue weighted by atomic mass is 9.90. The van der Waals surface area contributed by atoms with E-state index in [-0.39, 0.29) is 11.5 Å². The first-order chi connectivity index (χ1) is 8.30. The Kier molecular flexibility index (Phi) is 4.73. The highest BCUT2D eigenvalue weighted by molar-refractivity contribution is 5.84. The number of carboxylic acids is 1. The van der Waals surface area contributed by atoms with Crippen LogP contribution in [0.2, 0.25) is 0 Å². The Balaban J connectivity index is 2.69. The van der Waals surface area contributed by atoms with Gasteiger partial charge in [0.25, 0.3) is 0 Å². The molecule has 5 nitrogen and oxygen atoms in total. The van der Waals surface area contributed by atoms with Gasteiger partial charge in [0, 0.05) is 26.1 Å². The Labute approximate surface area is 108 Å². The Bertz CT molecular complexity index is 331. The standard InChI is InChI=1S/C13H23NO4/c1-9(10(2)12(16)17)11(15)14-7-5-6-13(3,8-14)18-4/h9-10H,5-8H2,1-4H3,(H,16,17). The zero-order valence-electron chi connectivity index (χ0n) is 11.6. The molecule has 0 spiro atoms. The monoisotopic (exact) mass is 257 g/mol. The minimum Gasteiger partial charge on any atom is -0.481 e. The lowest BCUT2D eigenvalue weighted by Crippen LogP contribution is -2.51. The van der Waals surface area contributed by atoms with Crippen LogP contribution in [0.25, 0.3) is 0 Å². The van der Waals surface area contributed by atoms with Crippen LogP contribution in [0.3, 0.4) is 0 Å². The molecule has 1 aliphatic heterocycles. The highest BCUT2D eigenvalue weighted by Crippen LogP contribution is 2.26. The second-order valence-corrected chi connectivity index (χ2v) is 5.43. The summed E-state index contributed by atoms with van der Waals surface area (Å²) in [5.41, 5.74) is -0.305. The van der Waals surface area contributed by atoms with Gasteiger partial charge in [-0.1, -0.05) is 13.8 Å². The third kappa shape index (κ3) is 3.22. The van der Waals surface area contributed by atoms with E-state index in [1.165, 1.54) is 0 Å². The first kappa shape index (κ1) is 15.0. The lowest BCUT2D eigenvalue weighted by molar-refractivity contribution is -0.152. The molecule has 0 saturated carbocycles. The van der Waals surface area contributed by atoms with Crippen LogP contribution in [-0.2, 0) is 14.3 Å². The number of carboxylic acid groups (broad SMARTS) is 1. The van der Waals surface area contributed by atoms with Gasteiger partial charge in [-0.25, -0.2) is 0 Å². The van der Waals surface area contributed by atoms with Gasteiger partial charge >= 0.3 is 5.97 Å². The number of hydrogen-bond acceptors (Lipinski definition) is 3. The number of ether oxygens (including phenoxy) is 1. The third-order valence-electron chi connectivity index (χ3n) is 3.99. The molecule has 1 saturated heterocycles. The topological polar surface area (TPSA) is 66.8 Å². The highest BCUT2D eigenvalue weighted by atomic mass is 16.5. The average molecular weight is 257 g/mol. The number of carbonyl (C=O) groups is 2. The Morgan fingerprint density at radius 2 is 1.94 bits per heavy atom. The van der Waals surface area contributed by atoms with E-state index >= 15 is 0 Å². The average Bonchev–Trinajstić information content (AvgIpc) is 2.36. The van der Waals surface area contributed by atoms with Crippen molar-refractivity contribution < 1.29 is 19.4 Å². The van der Waals surface area contributed by atoms with Crippen LogP contribution >= 0.6 is 0 Å². The number of likely N-dealkylation sites (tertiary alicyclic amines) is 1. The number of methoxy groups -OCH3 is 1. The van der Waals surface area contributed by atoms with Crippen molar-refractivity contribution in [1.29, 1.82) is 0 Å². The molecule has 0 radical (unpaired) electrons. The summed E-state index contributed by atoms with van der Waals surface area (Å²) in [7, 11) is 1.65. The van der Waals surface area contributed by atoms with Gasteiger partial charge in [-0.15, -0.1) is 0 Å². The third-order valence-corrected chi connectivity index (χ3v) is 3.99. The molecule has 1 aliphatic rings. The number of piperidine rings is 1. The molecular formula is C13H23NO4. The summed E-state index contributed by atoms with van der Waals surface area (Å²) in [4.78, 5) is 24.9. The number of nitrogens with zero attached hydrogens (tertiary/aromatic N) is 1. The molecule has 1 N–H and O–H groups in total. The van der Waals surface area contributed by atoms with Crippen molar-refractivity contribution in [3.05, 3.63) is 0 Å². The van der Waals surface area contributed by atoms with Crippen LogP contribution in [-0.4, -0.2) is 47.7 Å². The fourth-order valence-corrected chi connectivity index (χ4v) is 2.28. The summed E-state index contributed by atoms with van der Waals surface area (Å²) in [5.74, 6) is -2.18. The van der Waals surface area contributed by atoms with Gasteiger partial charge in [-0.3, -0.25) is 9.59 Å². The molecule has 3 unspecified atom stereocenters. The first-order valence-corrected chi connectivity index (χ1v) is 6.37. The summed E-state index contributed by atoms with van der Waals surface area (Å²) >= 11 is 0. The largest absolute Gasteiger partial charge is 0.481 e. The van der Waals surface area contributed by atoms with Gasteiger partial charge in [-0.2, -0.15) is 0 Å². The van der Waals surface area contributed by atoms with E-state index in [4.69, 9.17) is 9.84 Å². The van der Waals surface area contributed by atoms with E-state index < -0.39 is 17.8 Å². The fraction of sp³-hybridized carbons (Fsp3) is 0.846. The number of rotatable bonds is 4. The molecule has 104 valence electrons. The van der Waals surface area contributed by atoms with Crippen LogP contribution in [0.4, 0.5) is 0 Å². The number of carbonyl (C=O) groups excluding carboxylic acids is 1. The molecule has 5 heteroatoms. The molecule has 0 aromatic carbocycles. The van der Waals surface area contributed by atoms with Crippen molar-refractivity contribution in [3.8, 4) is 0 Å². The number of aliphatic carboxylic acids is 1. The van der Waals surface area contributed by atoms with Crippen LogP contribution in [0.1, 0.15) is 33.6 Å². The molecule has 3 atom stereocenters. The summed E-state index contributed by atoms with van der Waals surface area (Å²) in [6.45, 7) is 6.47. The van der Waals surface area contributed by atoms with Crippen molar-refractivity contribution >= 4 is 11.9 Å². The van der Waals surface area contributed by atoms with E-state index in [1.807, 2.05) is 6.92 Å². The fourth-order valence-electron chi connectivity index (χ4n) is 2.28. The normalized spacial score (nSPS) is 27.7. The molecule has 1 fully saturated rings. The van der Waals surface area contributed by atoms with E-state index in [0.717, 1.165) is 12.8 Å². The zero-order valence-corrected chi connectivity index (χ0v) is 11.6. The number of hydrogen-bond donors (Lipinski definition) is 1. The Hall–Kier alpha value is -1.10. The van der Waals surface area contributed by atoms with Gasteiger partial charge in [-0.05, 0) is 19.8 Å². The SMILES string of the molecule is COC1(C)CCCN(C(=O)C(C)C(C)C(=O)O)C1. The molecule has 1 amide bonds. The van der Waals surface area contributed by atoms with E-state index in [2.05, 4.69) is 0 Å². The summed E-state index contributed by atoms with van der Waals surface area (Å²) in [6, 6.07) is 0. The molecule has 18 heavy (non-hydrogen) atoms. The van der Waals surface area contributed by atoms with Crippen LogP contribution in [0.5, 0.6) is 0 Å². The quantitative estimate of drug-likeness (QED) is 0.826. The molecule has 1 rings (SSSR count). The predicted molar refractivity (Wildman–Crippen MR) is 67.2 cm³/mol. The van der Waals surface area contributed by atoms with E-state index in [0.29, 0.717) is 13.1 Å². The molecule has 0 aliphatic carbocycles. The van der Waals surface area contributed by atoms with Crippen LogP contribution in [0.15, 0.2) is 0 Å². The lowest BCUT2D eigenvalue weighted by Gasteiger charge is -2.40. The Morgan fingerprint density at radius 1 is 1.33 bits per heavy atom. The first-order valence-electron chi connectivity index (χ1n) is 6.37. The van der Waals surface area contributed by atoms with Crippen molar-refractivity contribution in [2.75, 3.05) is 20.2 Å². The molecule has 1 heterocycles. The maximum absolute atomic E-state index is 12.3. The summed E-state index contributed by atoms with van der Waals surface area (Å²) < 4.78 is 5.44. The number of amides is 1. The maximum Gasteiger partial charge on any atom is 0.307 e. The minimum atomic E-state index is -0.928. The molecular weight excluding hydrogens is 234 g/mol. The Morgan fingerprint density at radius 3 is 2.44 bits per heavy atom. The van der Waals surface area contributed by atoms with Crippen molar-refractivity contribution in [2.45, 2.75) is 39.2 Å². The maximum atomic E-state index is 12.3. The summed E-state index contributed by atoms with van der Waals surface area (Å²) in [5, 5.41) is 8.95. The second kappa shape index (κ2) is 5.69. The summed E-state index contributed by atoms with van der Waals surface area (Å²) in [6.07, 6.45) is 1.82. The van der Waals surface area contributed by atoms with Gasteiger partial charge in [0.15, 0.2) is 0 Å².